The maximum Gasteiger partial charge on any atom is 0.190 e. The van der Waals surface area contributed by atoms with E-state index >= 15 is 0 Å². The lowest BCUT2D eigenvalue weighted by molar-refractivity contribution is 0.112. The second kappa shape index (κ2) is 10.9. The molecular weight excluding hydrogens is 350 g/mol. The normalized spacial score (nSPS) is 10.7. The molecule has 26 heavy (non-hydrogen) atoms. The van der Waals surface area contributed by atoms with Crippen molar-refractivity contribution in [3.05, 3.63) is 29.6 Å². The van der Waals surface area contributed by atoms with Gasteiger partial charge in [0, 0.05) is 24.8 Å². The van der Waals surface area contributed by atoms with E-state index in [0.717, 1.165) is 48.7 Å². The van der Waals surface area contributed by atoms with Crippen LogP contribution in [0, 0.1) is 0 Å². The van der Waals surface area contributed by atoms with Gasteiger partial charge in [-0.2, -0.15) is 0 Å². The Hall–Kier alpha value is -2.02. The number of benzene rings is 1. The third-order valence-electron chi connectivity index (χ3n) is 3.86. The highest BCUT2D eigenvalue weighted by molar-refractivity contribution is 7.99. The zero-order valence-electron chi connectivity index (χ0n) is 15.7. The van der Waals surface area contributed by atoms with E-state index in [1.807, 2.05) is 14.0 Å². The molecule has 0 aliphatic rings. The fourth-order valence-electron chi connectivity index (χ4n) is 2.41. The van der Waals surface area contributed by atoms with Crippen LogP contribution in [-0.4, -0.2) is 40.0 Å². The van der Waals surface area contributed by atoms with E-state index in [1.165, 1.54) is 0 Å². The average molecular weight is 378 g/mol. The number of hydrogen-bond donors (Lipinski definition) is 0. The fraction of sp³-hybridized carbons (Fsp3) is 0.526. The summed E-state index contributed by atoms with van der Waals surface area (Å²) in [6, 6.07) is 5.22. The van der Waals surface area contributed by atoms with Crippen molar-refractivity contribution in [1.29, 1.82) is 0 Å². The molecule has 1 heterocycles. The second-order valence-electron chi connectivity index (χ2n) is 5.87. The first-order valence-electron chi connectivity index (χ1n) is 9.05. The Labute approximate surface area is 159 Å². The van der Waals surface area contributed by atoms with Crippen molar-refractivity contribution in [2.45, 2.75) is 44.7 Å². The Bertz CT molecular complexity index is 703. The number of rotatable bonds is 12. The van der Waals surface area contributed by atoms with Crippen LogP contribution in [0.15, 0.2) is 23.4 Å². The van der Waals surface area contributed by atoms with Crippen molar-refractivity contribution in [3.63, 3.8) is 0 Å². The molecule has 0 N–H and O–H groups in total. The molecule has 0 saturated heterocycles. The molecule has 0 aliphatic carbocycles. The van der Waals surface area contributed by atoms with Crippen molar-refractivity contribution in [2.24, 2.45) is 7.05 Å². The van der Waals surface area contributed by atoms with E-state index in [0.29, 0.717) is 30.3 Å². The minimum absolute atomic E-state index is 0.529. The van der Waals surface area contributed by atoms with Gasteiger partial charge in [-0.05, 0) is 38.0 Å². The van der Waals surface area contributed by atoms with Gasteiger partial charge in [-0.1, -0.05) is 25.1 Å². The van der Waals surface area contributed by atoms with E-state index in [4.69, 9.17) is 9.47 Å². The van der Waals surface area contributed by atoms with Crippen LogP contribution < -0.4 is 9.47 Å². The van der Waals surface area contributed by atoms with E-state index in [2.05, 4.69) is 21.7 Å². The van der Waals surface area contributed by atoms with Crippen LogP contribution in [0.1, 0.15) is 49.3 Å². The van der Waals surface area contributed by atoms with Gasteiger partial charge >= 0.3 is 0 Å². The van der Waals surface area contributed by atoms with Gasteiger partial charge in [0.25, 0.3) is 0 Å². The lowest BCUT2D eigenvalue weighted by atomic mass is 10.2. The van der Waals surface area contributed by atoms with Crippen LogP contribution in [-0.2, 0) is 13.5 Å². The van der Waals surface area contributed by atoms with Gasteiger partial charge in [0.05, 0.1) is 13.2 Å². The second-order valence-corrected chi connectivity index (χ2v) is 6.93. The summed E-state index contributed by atoms with van der Waals surface area (Å²) in [5.41, 5.74) is 0.581. The number of thioether (sulfide) groups is 1. The van der Waals surface area contributed by atoms with Gasteiger partial charge in [-0.3, -0.25) is 4.79 Å². The summed E-state index contributed by atoms with van der Waals surface area (Å²) in [5, 5.41) is 9.47. The average Bonchev–Trinajstić information content (AvgIpc) is 3.00. The molecule has 0 saturated carbocycles. The topological polar surface area (TPSA) is 66.2 Å². The Morgan fingerprint density at radius 1 is 1.15 bits per heavy atom. The molecule has 0 fully saturated rings. The Morgan fingerprint density at radius 2 is 2.00 bits per heavy atom. The first-order valence-corrected chi connectivity index (χ1v) is 10.0. The molecule has 0 radical (unpaired) electrons. The molecule has 0 amide bonds. The van der Waals surface area contributed by atoms with Crippen molar-refractivity contribution in [1.82, 2.24) is 14.8 Å². The number of carbonyl (C=O) groups is 1. The Kier molecular flexibility index (Phi) is 8.47. The molecule has 1 aromatic carbocycles. The van der Waals surface area contributed by atoms with Gasteiger partial charge in [-0.25, -0.2) is 0 Å². The molecular formula is C19H27N3O3S. The molecule has 0 atom stereocenters. The highest BCUT2D eigenvalue weighted by Crippen LogP contribution is 2.28. The Morgan fingerprint density at radius 3 is 2.73 bits per heavy atom. The number of aromatic nitrogens is 3. The zero-order chi connectivity index (χ0) is 18.8. The van der Waals surface area contributed by atoms with Crippen molar-refractivity contribution in [3.8, 4) is 11.5 Å². The molecule has 2 aromatic rings. The fourth-order valence-corrected chi connectivity index (χ4v) is 3.26. The van der Waals surface area contributed by atoms with Gasteiger partial charge in [-0.15, -0.1) is 10.2 Å². The SMILES string of the molecule is CCCCc1nnc(SCCCOc2ccc(C=O)cc2OCC)n1C. The first kappa shape index (κ1) is 20.3. The number of aryl methyl sites for hydroxylation is 1. The van der Waals surface area contributed by atoms with Crippen molar-refractivity contribution in [2.75, 3.05) is 19.0 Å². The summed E-state index contributed by atoms with van der Waals surface area (Å²) < 4.78 is 13.4. The molecule has 0 bridgehead atoms. The molecule has 2 rings (SSSR count). The summed E-state index contributed by atoms with van der Waals surface area (Å²) in [4.78, 5) is 10.9. The zero-order valence-corrected chi connectivity index (χ0v) is 16.6. The third kappa shape index (κ3) is 5.76. The van der Waals surface area contributed by atoms with E-state index in [-0.39, 0.29) is 0 Å². The summed E-state index contributed by atoms with van der Waals surface area (Å²) in [5.74, 6) is 3.22. The van der Waals surface area contributed by atoms with Gasteiger partial charge < -0.3 is 14.0 Å². The van der Waals surface area contributed by atoms with E-state index in [1.54, 1.807) is 30.0 Å². The van der Waals surface area contributed by atoms with Crippen LogP contribution in [0.4, 0.5) is 0 Å². The van der Waals surface area contributed by atoms with Crippen molar-refractivity contribution >= 4 is 18.0 Å². The lowest BCUT2D eigenvalue weighted by Gasteiger charge is -2.12. The van der Waals surface area contributed by atoms with Crippen LogP contribution in [0.25, 0.3) is 0 Å². The van der Waals surface area contributed by atoms with Crippen LogP contribution in [0.5, 0.6) is 11.5 Å². The highest BCUT2D eigenvalue weighted by Gasteiger charge is 2.09. The lowest BCUT2D eigenvalue weighted by Crippen LogP contribution is -2.03. The first-order chi connectivity index (χ1) is 12.7. The maximum atomic E-state index is 10.9. The predicted molar refractivity (Wildman–Crippen MR) is 103 cm³/mol. The van der Waals surface area contributed by atoms with Crippen molar-refractivity contribution < 1.29 is 14.3 Å². The number of nitrogens with zero attached hydrogens (tertiary/aromatic N) is 3. The van der Waals surface area contributed by atoms with Gasteiger partial charge in [0.15, 0.2) is 16.7 Å². The Balaban J connectivity index is 1.79. The minimum atomic E-state index is 0.529. The summed E-state index contributed by atoms with van der Waals surface area (Å²) in [6.45, 7) is 5.19. The van der Waals surface area contributed by atoms with Crippen LogP contribution in [0.3, 0.4) is 0 Å². The standard InChI is InChI=1S/C19H27N3O3S/c1-4-6-8-18-20-21-19(22(18)3)26-12-7-11-25-16-10-9-15(14-23)13-17(16)24-5-2/h9-10,13-14H,4-8,11-12H2,1-3H3. The van der Waals surface area contributed by atoms with Gasteiger partial charge in [0.2, 0.25) is 0 Å². The molecule has 7 heteroatoms. The largest absolute Gasteiger partial charge is 0.490 e. The highest BCUT2D eigenvalue weighted by atomic mass is 32.2. The number of aldehydes is 1. The molecule has 142 valence electrons. The van der Waals surface area contributed by atoms with Gasteiger partial charge in [0.1, 0.15) is 12.1 Å². The summed E-state index contributed by atoms with van der Waals surface area (Å²) in [7, 11) is 2.02. The third-order valence-corrected chi connectivity index (χ3v) is 4.97. The number of ether oxygens (including phenoxy) is 2. The molecule has 6 nitrogen and oxygen atoms in total. The van der Waals surface area contributed by atoms with Crippen LogP contribution in [0.2, 0.25) is 0 Å². The molecule has 1 aromatic heterocycles. The number of carbonyl (C=O) groups excluding carboxylic acids is 1. The van der Waals surface area contributed by atoms with Crippen LogP contribution >= 0.6 is 11.8 Å². The van der Waals surface area contributed by atoms with E-state index < -0.39 is 0 Å². The molecule has 0 unspecified atom stereocenters. The number of hydrogen-bond acceptors (Lipinski definition) is 6. The summed E-state index contributed by atoms with van der Waals surface area (Å²) in [6.07, 6.45) is 4.95. The molecule has 0 spiro atoms. The van der Waals surface area contributed by atoms with E-state index in [9.17, 15) is 4.79 Å². The smallest absolute Gasteiger partial charge is 0.190 e. The number of unbranched alkanes of at least 4 members (excludes halogenated alkanes) is 1. The quantitative estimate of drug-likeness (QED) is 0.317. The maximum absolute atomic E-state index is 10.9. The molecule has 0 aliphatic heterocycles. The summed E-state index contributed by atoms with van der Waals surface area (Å²) >= 11 is 1.69. The monoisotopic (exact) mass is 377 g/mol. The predicted octanol–water partition coefficient (Wildman–Crippen LogP) is 3.93. The minimum Gasteiger partial charge on any atom is -0.490 e.